The molecule has 0 radical (unpaired) electrons. The number of amides is 2. The lowest BCUT2D eigenvalue weighted by Crippen LogP contribution is -2.38. The minimum Gasteiger partial charge on any atom is -0.341 e. The lowest BCUT2D eigenvalue weighted by atomic mass is 10.2. The maximum absolute atomic E-state index is 11.6. The molecule has 0 bridgehead atoms. The van der Waals surface area contributed by atoms with Gasteiger partial charge in [-0.05, 0) is 25.5 Å². The Labute approximate surface area is 99.4 Å². The number of anilines is 1. The fraction of sp³-hybridized carbons (Fsp3) is 0.364. The van der Waals surface area contributed by atoms with Crippen LogP contribution in [-0.4, -0.2) is 24.5 Å². The lowest BCUT2D eigenvalue weighted by Gasteiger charge is -2.20. The first-order chi connectivity index (χ1) is 8.01. The van der Waals surface area contributed by atoms with Crippen LogP contribution in [0, 0.1) is 17.0 Å². The Morgan fingerprint density at radius 1 is 1.53 bits per heavy atom. The highest BCUT2D eigenvalue weighted by atomic mass is 16.6. The second-order valence-electron chi connectivity index (χ2n) is 3.55. The first kappa shape index (κ1) is 13.0. The number of hydrogen-bond acceptors (Lipinski definition) is 3. The maximum Gasteiger partial charge on any atom is 0.321 e. The molecule has 1 aromatic carbocycles. The van der Waals surface area contributed by atoms with Crippen molar-refractivity contribution in [1.29, 1.82) is 0 Å². The highest BCUT2D eigenvalue weighted by Crippen LogP contribution is 2.28. The zero-order valence-corrected chi connectivity index (χ0v) is 10.1. The van der Waals surface area contributed by atoms with Crippen molar-refractivity contribution < 1.29 is 9.72 Å². The van der Waals surface area contributed by atoms with E-state index in [2.05, 4.69) is 5.32 Å². The van der Waals surface area contributed by atoms with Gasteiger partial charge in [0.1, 0.15) is 5.69 Å². The van der Waals surface area contributed by atoms with Gasteiger partial charge in [-0.25, -0.2) is 4.79 Å². The first-order valence-corrected chi connectivity index (χ1v) is 5.25. The quantitative estimate of drug-likeness (QED) is 0.645. The van der Waals surface area contributed by atoms with E-state index in [1.807, 2.05) is 0 Å². The molecule has 0 heterocycles. The van der Waals surface area contributed by atoms with E-state index in [1.165, 1.54) is 18.0 Å². The number of aryl methyl sites for hydroxylation is 1. The molecule has 6 heteroatoms. The van der Waals surface area contributed by atoms with Crippen LogP contribution in [0.15, 0.2) is 18.2 Å². The van der Waals surface area contributed by atoms with E-state index in [9.17, 15) is 14.9 Å². The summed E-state index contributed by atoms with van der Waals surface area (Å²) >= 11 is 0. The molecule has 2 amide bonds. The van der Waals surface area contributed by atoms with Crippen molar-refractivity contribution in [1.82, 2.24) is 5.32 Å². The summed E-state index contributed by atoms with van der Waals surface area (Å²) in [4.78, 5) is 23.4. The summed E-state index contributed by atoms with van der Waals surface area (Å²) in [6, 6.07) is 4.43. The number of carbonyl (C=O) groups excluding carboxylic acids is 1. The zero-order chi connectivity index (χ0) is 13.0. The Morgan fingerprint density at radius 3 is 2.65 bits per heavy atom. The molecular weight excluding hydrogens is 222 g/mol. The average Bonchev–Trinajstić information content (AvgIpc) is 2.31. The summed E-state index contributed by atoms with van der Waals surface area (Å²) in [6.45, 7) is 3.90. The number of rotatable bonds is 3. The highest BCUT2D eigenvalue weighted by Gasteiger charge is 2.22. The molecule has 0 saturated heterocycles. The van der Waals surface area contributed by atoms with Gasteiger partial charge in [-0.2, -0.15) is 0 Å². The van der Waals surface area contributed by atoms with Crippen LogP contribution in [0.4, 0.5) is 16.2 Å². The summed E-state index contributed by atoms with van der Waals surface area (Å²) < 4.78 is 0. The molecule has 0 aliphatic heterocycles. The van der Waals surface area contributed by atoms with Crippen LogP contribution < -0.4 is 10.2 Å². The van der Waals surface area contributed by atoms with Gasteiger partial charge >= 0.3 is 6.03 Å². The van der Waals surface area contributed by atoms with Gasteiger partial charge in [-0.3, -0.25) is 15.0 Å². The van der Waals surface area contributed by atoms with E-state index in [0.29, 0.717) is 12.2 Å². The number of hydrogen-bond donors (Lipinski definition) is 1. The van der Waals surface area contributed by atoms with Crippen LogP contribution in [0.25, 0.3) is 0 Å². The normalized spacial score (nSPS) is 9.82. The fourth-order valence-corrected chi connectivity index (χ4v) is 1.57. The molecule has 0 fully saturated rings. The molecule has 0 atom stereocenters. The van der Waals surface area contributed by atoms with Crippen molar-refractivity contribution in [2.45, 2.75) is 13.8 Å². The van der Waals surface area contributed by atoms with Gasteiger partial charge in [0.15, 0.2) is 0 Å². The minimum atomic E-state index is -0.478. The van der Waals surface area contributed by atoms with E-state index in [4.69, 9.17) is 0 Å². The summed E-state index contributed by atoms with van der Waals surface area (Å²) in [6.07, 6.45) is 0. The topological polar surface area (TPSA) is 75.5 Å². The zero-order valence-electron chi connectivity index (χ0n) is 10.1. The molecule has 0 aliphatic carbocycles. The average molecular weight is 237 g/mol. The van der Waals surface area contributed by atoms with Crippen LogP contribution in [0.5, 0.6) is 0 Å². The summed E-state index contributed by atoms with van der Waals surface area (Å²) in [5.41, 5.74) is 1.03. The van der Waals surface area contributed by atoms with Crippen molar-refractivity contribution in [3.8, 4) is 0 Å². The first-order valence-electron chi connectivity index (χ1n) is 5.25. The predicted molar refractivity (Wildman–Crippen MR) is 65.3 cm³/mol. The minimum absolute atomic E-state index is 0.0598. The lowest BCUT2D eigenvalue weighted by molar-refractivity contribution is -0.384. The molecular formula is C11H15N3O3. The molecule has 0 saturated carbocycles. The van der Waals surface area contributed by atoms with E-state index >= 15 is 0 Å². The molecule has 6 nitrogen and oxygen atoms in total. The maximum atomic E-state index is 11.6. The van der Waals surface area contributed by atoms with Crippen LogP contribution >= 0.6 is 0 Å². The van der Waals surface area contributed by atoms with Crippen LogP contribution in [0.3, 0.4) is 0 Å². The number of urea groups is 1. The molecule has 0 aliphatic rings. The van der Waals surface area contributed by atoms with Crippen molar-refractivity contribution in [3.63, 3.8) is 0 Å². The number of nitrogens with one attached hydrogen (secondary N) is 1. The third-order valence-electron chi connectivity index (χ3n) is 2.39. The summed E-state index contributed by atoms with van der Waals surface area (Å²) in [5, 5.41) is 13.4. The second kappa shape index (κ2) is 5.29. The summed E-state index contributed by atoms with van der Waals surface area (Å²) in [7, 11) is 1.49. The van der Waals surface area contributed by atoms with Gasteiger partial charge in [0, 0.05) is 19.7 Å². The predicted octanol–water partition coefficient (Wildman–Crippen LogP) is 2.07. The Hall–Kier alpha value is -2.11. The van der Waals surface area contributed by atoms with E-state index < -0.39 is 4.92 Å². The van der Waals surface area contributed by atoms with E-state index in [0.717, 1.165) is 5.56 Å². The van der Waals surface area contributed by atoms with Gasteiger partial charge in [0.25, 0.3) is 5.69 Å². The van der Waals surface area contributed by atoms with Crippen molar-refractivity contribution in [3.05, 3.63) is 33.9 Å². The molecule has 92 valence electrons. The molecule has 1 rings (SSSR count). The molecule has 0 aromatic heterocycles. The Kier molecular flexibility index (Phi) is 4.03. The third-order valence-corrected chi connectivity index (χ3v) is 2.39. The Bertz CT molecular complexity index is 446. The SMILES string of the molecule is CCN(C(=O)NC)c1ccc(C)cc1[N+](=O)[O-]. The molecule has 0 unspecified atom stereocenters. The number of nitro groups is 1. The van der Waals surface area contributed by atoms with Crippen molar-refractivity contribution in [2.75, 3.05) is 18.5 Å². The monoisotopic (exact) mass is 237 g/mol. The number of carbonyl (C=O) groups is 1. The fourth-order valence-electron chi connectivity index (χ4n) is 1.57. The molecule has 1 aromatic rings. The van der Waals surface area contributed by atoms with Crippen molar-refractivity contribution >= 4 is 17.4 Å². The van der Waals surface area contributed by atoms with Gasteiger partial charge < -0.3 is 5.32 Å². The third kappa shape index (κ3) is 2.72. The highest BCUT2D eigenvalue weighted by molar-refractivity contribution is 5.94. The largest absolute Gasteiger partial charge is 0.341 e. The second-order valence-corrected chi connectivity index (χ2v) is 3.55. The standard InChI is InChI=1S/C11H15N3O3/c1-4-13(11(15)12-3)9-6-5-8(2)7-10(9)14(16)17/h5-7H,4H2,1-3H3,(H,12,15). The Morgan fingerprint density at radius 2 is 2.18 bits per heavy atom. The van der Waals surface area contributed by atoms with E-state index in [-0.39, 0.29) is 11.7 Å². The van der Waals surface area contributed by atoms with Gasteiger partial charge in [0.05, 0.1) is 4.92 Å². The van der Waals surface area contributed by atoms with Gasteiger partial charge in [-0.15, -0.1) is 0 Å². The Balaban J connectivity index is 3.28. The summed E-state index contributed by atoms with van der Waals surface area (Å²) in [5.74, 6) is 0. The smallest absolute Gasteiger partial charge is 0.321 e. The number of nitro benzene ring substituents is 1. The van der Waals surface area contributed by atoms with Crippen LogP contribution in [-0.2, 0) is 0 Å². The molecule has 17 heavy (non-hydrogen) atoms. The van der Waals surface area contributed by atoms with Gasteiger partial charge in [-0.1, -0.05) is 6.07 Å². The van der Waals surface area contributed by atoms with Gasteiger partial charge in [0.2, 0.25) is 0 Å². The van der Waals surface area contributed by atoms with Crippen molar-refractivity contribution in [2.24, 2.45) is 0 Å². The molecule has 1 N–H and O–H groups in total. The van der Waals surface area contributed by atoms with Crippen LogP contribution in [0.1, 0.15) is 12.5 Å². The van der Waals surface area contributed by atoms with Crippen LogP contribution in [0.2, 0.25) is 0 Å². The van der Waals surface area contributed by atoms with E-state index in [1.54, 1.807) is 26.0 Å². The number of nitrogens with zero attached hydrogens (tertiary/aromatic N) is 2. The molecule has 0 spiro atoms. The number of benzene rings is 1.